The minimum atomic E-state index is 1.10. The van der Waals surface area contributed by atoms with Crippen LogP contribution in [0.4, 0.5) is 0 Å². The lowest BCUT2D eigenvalue weighted by atomic mass is 10.3. The van der Waals surface area contributed by atoms with Crippen molar-refractivity contribution >= 4 is 0 Å². The molecule has 112 valence electrons. The molecular weight excluding hydrogens is 244 g/mol. The average molecular weight is 274 g/mol. The molecule has 2 heterocycles. The summed E-state index contributed by atoms with van der Waals surface area (Å²) in [5, 5.41) is 0. The van der Waals surface area contributed by atoms with E-state index in [2.05, 4.69) is 67.3 Å². The van der Waals surface area contributed by atoms with Crippen LogP contribution in [0.25, 0.3) is 0 Å². The van der Waals surface area contributed by atoms with Gasteiger partial charge in [0.15, 0.2) is 0 Å². The molecule has 0 radical (unpaired) electrons. The highest BCUT2D eigenvalue weighted by Gasteiger charge is 2.10. The largest absolute Gasteiger partial charge is 0.378 e. The van der Waals surface area contributed by atoms with Crippen molar-refractivity contribution in [1.29, 1.82) is 0 Å². The monoisotopic (exact) mass is 274 g/mol. The first-order valence-electron chi connectivity index (χ1n) is 7.73. The Balaban J connectivity index is 0.000000200. The molecular formula is C18H30N2. The molecule has 0 unspecified atom stereocenters. The van der Waals surface area contributed by atoms with Gasteiger partial charge in [-0.15, -0.1) is 0 Å². The van der Waals surface area contributed by atoms with Crippen LogP contribution in [0, 0.1) is 0 Å². The maximum Gasteiger partial charge on any atom is 0.0207 e. The van der Waals surface area contributed by atoms with Gasteiger partial charge in [0.05, 0.1) is 0 Å². The van der Waals surface area contributed by atoms with Crippen LogP contribution in [0.2, 0.25) is 0 Å². The molecule has 2 rings (SSSR count). The normalized spacial score (nSPS) is 21.0. The number of nitrogens with zero attached hydrogens (tertiary/aromatic N) is 2. The maximum absolute atomic E-state index is 2.32. The third-order valence-corrected chi connectivity index (χ3v) is 3.80. The molecule has 1 fully saturated rings. The Morgan fingerprint density at radius 3 is 2.40 bits per heavy atom. The second-order valence-corrected chi connectivity index (χ2v) is 5.39. The standard InChI is InChI=1S/2C9H15N/c2*1-3-4-6-9-7-5-8-10(9)2/h3-4,7H,5-6,8H2,1-2H3;3-4,6H,5,7-8H2,1-2H3/b4-3-;4-3-,9-6+. The highest BCUT2D eigenvalue weighted by molar-refractivity contribution is 5.13. The molecule has 2 aliphatic heterocycles. The van der Waals surface area contributed by atoms with E-state index in [0.717, 1.165) is 6.42 Å². The lowest BCUT2D eigenvalue weighted by Gasteiger charge is -2.13. The first-order chi connectivity index (χ1) is 9.69. The third-order valence-electron chi connectivity index (χ3n) is 3.80. The van der Waals surface area contributed by atoms with Gasteiger partial charge >= 0.3 is 0 Å². The van der Waals surface area contributed by atoms with Crippen molar-refractivity contribution in [3.05, 3.63) is 47.9 Å². The van der Waals surface area contributed by atoms with Crippen LogP contribution in [-0.2, 0) is 0 Å². The van der Waals surface area contributed by atoms with E-state index >= 15 is 0 Å². The molecule has 0 saturated carbocycles. The van der Waals surface area contributed by atoms with E-state index in [1.165, 1.54) is 43.7 Å². The van der Waals surface area contributed by atoms with Crippen LogP contribution < -0.4 is 0 Å². The van der Waals surface area contributed by atoms with E-state index in [1.54, 1.807) is 0 Å². The molecule has 0 atom stereocenters. The van der Waals surface area contributed by atoms with Gasteiger partial charge in [0.2, 0.25) is 0 Å². The minimum absolute atomic E-state index is 1.10. The first kappa shape index (κ1) is 16.6. The SMILES string of the molecule is C/C=C\C=C1/CCCN1C.C/C=C\CC1=CCCN1C. The van der Waals surface area contributed by atoms with Gasteiger partial charge in [0, 0.05) is 45.0 Å². The molecule has 0 aromatic heterocycles. The Kier molecular flexibility index (Phi) is 7.86. The molecule has 0 aromatic rings. The van der Waals surface area contributed by atoms with E-state index in [1.807, 2.05) is 6.92 Å². The van der Waals surface area contributed by atoms with Crippen LogP contribution in [-0.4, -0.2) is 37.0 Å². The van der Waals surface area contributed by atoms with Gasteiger partial charge in [-0.25, -0.2) is 0 Å². The van der Waals surface area contributed by atoms with Crippen LogP contribution in [0.1, 0.15) is 39.5 Å². The van der Waals surface area contributed by atoms with E-state index in [-0.39, 0.29) is 0 Å². The van der Waals surface area contributed by atoms with Crippen molar-refractivity contribution in [2.45, 2.75) is 39.5 Å². The molecule has 0 N–H and O–H groups in total. The molecule has 2 aliphatic rings. The van der Waals surface area contributed by atoms with E-state index in [0.29, 0.717) is 0 Å². The fourth-order valence-electron chi connectivity index (χ4n) is 2.45. The Morgan fingerprint density at radius 1 is 1.10 bits per heavy atom. The first-order valence-corrected chi connectivity index (χ1v) is 7.73. The molecule has 0 aliphatic carbocycles. The number of likely N-dealkylation sites (tertiary alicyclic amines) is 1. The van der Waals surface area contributed by atoms with Crippen LogP contribution in [0.5, 0.6) is 0 Å². The third kappa shape index (κ3) is 5.68. The molecule has 1 saturated heterocycles. The molecule has 0 bridgehead atoms. The van der Waals surface area contributed by atoms with Gasteiger partial charge in [0.1, 0.15) is 0 Å². The quantitative estimate of drug-likeness (QED) is 0.706. The molecule has 2 heteroatoms. The minimum Gasteiger partial charge on any atom is -0.378 e. The van der Waals surface area contributed by atoms with Crippen LogP contribution in [0.15, 0.2) is 47.9 Å². The summed E-state index contributed by atoms with van der Waals surface area (Å²) in [4.78, 5) is 4.64. The van der Waals surface area contributed by atoms with Crippen LogP contribution >= 0.6 is 0 Å². The Bertz CT molecular complexity index is 388. The Morgan fingerprint density at radius 2 is 1.90 bits per heavy atom. The van der Waals surface area contributed by atoms with Crippen molar-refractivity contribution in [2.75, 3.05) is 27.2 Å². The van der Waals surface area contributed by atoms with E-state index in [4.69, 9.17) is 0 Å². The summed E-state index contributed by atoms with van der Waals surface area (Å²) in [5.41, 5.74) is 2.94. The van der Waals surface area contributed by atoms with Gasteiger partial charge in [-0.3, -0.25) is 0 Å². The van der Waals surface area contributed by atoms with Crippen molar-refractivity contribution in [3.8, 4) is 0 Å². The van der Waals surface area contributed by atoms with Crippen molar-refractivity contribution in [2.24, 2.45) is 0 Å². The lowest BCUT2D eigenvalue weighted by molar-refractivity contribution is 0.451. The number of rotatable bonds is 3. The summed E-state index contributed by atoms with van der Waals surface area (Å²) >= 11 is 0. The predicted octanol–water partition coefficient (Wildman–Crippen LogP) is 4.34. The zero-order chi connectivity index (χ0) is 14.8. The number of hydrogen-bond acceptors (Lipinski definition) is 2. The highest BCUT2D eigenvalue weighted by Crippen LogP contribution is 2.18. The summed E-state index contributed by atoms with van der Waals surface area (Å²) in [6.45, 7) is 6.54. The zero-order valence-electron chi connectivity index (χ0n) is 13.6. The highest BCUT2D eigenvalue weighted by atomic mass is 15.1. The number of hydrogen-bond donors (Lipinski definition) is 0. The second-order valence-electron chi connectivity index (χ2n) is 5.39. The van der Waals surface area contributed by atoms with Gasteiger partial charge in [-0.05, 0) is 39.2 Å². The topological polar surface area (TPSA) is 6.48 Å². The molecule has 2 nitrogen and oxygen atoms in total. The van der Waals surface area contributed by atoms with E-state index < -0.39 is 0 Å². The van der Waals surface area contributed by atoms with Gasteiger partial charge in [0.25, 0.3) is 0 Å². The fourth-order valence-corrected chi connectivity index (χ4v) is 2.45. The summed E-state index contributed by atoms with van der Waals surface area (Å²) in [6.07, 6.45) is 17.9. The molecule has 0 amide bonds. The molecule has 20 heavy (non-hydrogen) atoms. The fraction of sp³-hybridized carbons (Fsp3) is 0.556. The maximum atomic E-state index is 2.32. The van der Waals surface area contributed by atoms with Crippen molar-refractivity contribution < 1.29 is 0 Å². The molecule has 0 aromatic carbocycles. The van der Waals surface area contributed by atoms with Crippen LogP contribution in [0.3, 0.4) is 0 Å². The zero-order valence-corrected chi connectivity index (χ0v) is 13.6. The lowest BCUT2D eigenvalue weighted by Crippen LogP contribution is -2.12. The Labute approximate surface area is 125 Å². The molecule has 0 spiro atoms. The van der Waals surface area contributed by atoms with Gasteiger partial charge in [-0.1, -0.05) is 30.4 Å². The predicted molar refractivity (Wildman–Crippen MR) is 89.5 cm³/mol. The summed E-state index contributed by atoms with van der Waals surface area (Å²) in [6, 6.07) is 0. The second kappa shape index (κ2) is 9.46. The summed E-state index contributed by atoms with van der Waals surface area (Å²) in [5.74, 6) is 0. The summed E-state index contributed by atoms with van der Waals surface area (Å²) in [7, 11) is 4.31. The average Bonchev–Trinajstić information content (AvgIpc) is 3.04. The van der Waals surface area contributed by atoms with Crippen molar-refractivity contribution in [1.82, 2.24) is 9.80 Å². The van der Waals surface area contributed by atoms with Gasteiger partial charge < -0.3 is 9.80 Å². The van der Waals surface area contributed by atoms with Gasteiger partial charge in [-0.2, -0.15) is 0 Å². The summed E-state index contributed by atoms with van der Waals surface area (Å²) < 4.78 is 0. The Hall–Kier alpha value is -1.44. The van der Waals surface area contributed by atoms with Crippen molar-refractivity contribution in [3.63, 3.8) is 0 Å². The smallest absolute Gasteiger partial charge is 0.0207 e. The number of allylic oxidation sites excluding steroid dienone is 6. The van der Waals surface area contributed by atoms with E-state index in [9.17, 15) is 0 Å².